The summed E-state index contributed by atoms with van der Waals surface area (Å²) in [5.41, 5.74) is 2.82. The maximum Gasteiger partial charge on any atom is 0.338 e. The van der Waals surface area contributed by atoms with Gasteiger partial charge in [-0.05, 0) is 75.9 Å². The van der Waals surface area contributed by atoms with Gasteiger partial charge in [-0.25, -0.2) is 19.8 Å². The lowest BCUT2D eigenvalue weighted by Gasteiger charge is -2.26. The van der Waals surface area contributed by atoms with Crippen LogP contribution < -0.4 is 19.6 Å². The molecule has 5 rings (SSSR count). The summed E-state index contributed by atoms with van der Waals surface area (Å²) < 4.78 is 19.7. The quantitative estimate of drug-likeness (QED) is 0.211. The van der Waals surface area contributed by atoms with Gasteiger partial charge in [-0.2, -0.15) is 0 Å². The van der Waals surface area contributed by atoms with Crippen molar-refractivity contribution in [1.29, 1.82) is 0 Å². The van der Waals surface area contributed by atoms with Crippen LogP contribution >= 0.6 is 39.0 Å². The first kappa shape index (κ1) is 28.1. The first-order valence-corrected chi connectivity index (χ1v) is 14.7. The molecule has 206 valence electrons. The van der Waals surface area contributed by atoms with Gasteiger partial charge in [-0.1, -0.05) is 27.3 Å². The van der Waals surface area contributed by atoms with E-state index in [9.17, 15) is 9.59 Å². The lowest BCUT2D eigenvalue weighted by Crippen LogP contribution is -2.40. The summed E-state index contributed by atoms with van der Waals surface area (Å²) in [6.07, 6.45) is 1.68. The topological polar surface area (TPSA) is 109 Å². The number of esters is 1. The van der Waals surface area contributed by atoms with Crippen molar-refractivity contribution in [3.63, 3.8) is 0 Å². The smallest absolute Gasteiger partial charge is 0.338 e. The number of hydrogen-bond donors (Lipinski definition) is 0. The number of carbonyl (C=O) groups is 1. The molecule has 0 bridgehead atoms. The van der Waals surface area contributed by atoms with Crippen molar-refractivity contribution in [3.05, 3.63) is 94.5 Å². The van der Waals surface area contributed by atoms with Gasteiger partial charge in [0.15, 0.2) is 15.1 Å². The second-order valence-electron chi connectivity index (χ2n) is 8.88. The molecule has 0 fully saturated rings. The monoisotopic (exact) mass is 640 g/mol. The van der Waals surface area contributed by atoms with E-state index in [0.717, 1.165) is 15.9 Å². The van der Waals surface area contributed by atoms with Crippen LogP contribution in [0.25, 0.3) is 6.08 Å². The van der Waals surface area contributed by atoms with Crippen molar-refractivity contribution in [2.75, 3.05) is 13.7 Å². The number of ether oxygens (including phenoxy) is 2. The summed E-state index contributed by atoms with van der Waals surface area (Å²) in [6, 6.07) is 10.2. The Morgan fingerprint density at radius 3 is 2.62 bits per heavy atom. The van der Waals surface area contributed by atoms with E-state index in [0.29, 0.717) is 42.4 Å². The van der Waals surface area contributed by atoms with E-state index < -0.39 is 12.0 Å². The first-order valence-electron chi connectivity index (χ1n) is 12.3. The van der Waals surface area contributed by atoms with Crippen LogP contribution in [0.2, 0.25) is 0 Å². The molecule has 4 heterocycles. The van der Waals surface area contributed by atoms with Crippen LogP contribution in [0.1, 0.15) is 42.6 Å². The Bertz CT molecular complexity index is 1820. The van der Waals surface area contributed by atoms with Crippen LogP contribution in [-0.4, -0.2) is 34.2 Å². The molecule has 9 nitrogen and oxygen atoms in total. The highest BCUT2D eigenvalue weighted by atomic mass is 79.9. The minimum Gasteiger partial charge on any atom is -0.496 e. The summed E-state index contributed by atoms with van der Waals surface area (Å²) in [7, 11) is 1.55. The summed E-state index contributed by atoms with van der Waals surface area (Å²) in [4.78, 5) is 41.0. The van der Waals surface area contributed by atoms with Crippen LogP contribution in [0.5, 0.6) is 5.75 Å². The average molecular weight is 642 g/mol. The van der Waals surface area contributed by atoms with Crippen LogP contribution in [-0.2, 0) is 9.53 Å². The van der Waals surface area contributed by atoms with Crippen molar-refractivity contribution in [2.24, 2.45) is 4.99 Å². The van der Waals surface area contributed by atoms with Crippen molar-refractivity contribution in [3.8, 4) is 5.75 Å². The molecule has 0 spiro atoms. The number of furan rings is 1. The maximum absolute atomic E-state index is 13.9. The maximum atomic E-state index is 13.9. The average Bonchev–Trinajstić information content (AvgIpc) is 3.46. The fourth-order valence-electron chi connectivity index (χ4n) is 4.43. The summed E-state index contributed by atoms with van der Waals surface area (Å²) >= 11 is 6.04. The van der Waals surface area contributed by atoms with Crippen molar-refractivity contribution < 1.29 is 18.7 Å². The molecule has 12 heteroatoms. The largest absolute Gasteiger partial charge is 0.496 e. The normalized spacial score (nSPS) is 15.2. The van der Waals surface area contributed by atoms with Crippen molar-refractivity contribution in [2.45, 2.75) is 44.0 Å². The Labute approximate surface area is 246 Å². The van der Waals surface area contributed by atoms with Gasteiger partial charge in [-0.15, -0.1) is 0 Å². The number of halogens is 1. The molecule has 4 aromatic rings. The number of nitrogens with zero attached hydrogens (tertiary/aromatic N) is 4. The van der Waals surface area contributed by atoms with Gasteiger partial charge in [0.25, 0.3) is 5.56 Å². The standard InChI is InChI=1S/C28H25BrN4O5S2/c1-6-37-26(35)23-16(4)32-28-33(24(23)19-12-17(29)7-9-20(19)36-5)25(34)21(39-28)13-18-8-10-22(38-18)40-27-30-14(2)11-15(3)31-27/h7-13,24H,6H2,1-5H3/b21-13-/t24-/m1/s1. The van der Waals surface area contributed by atoms with E-state index in [2.05, 4.69) is 30.9 Å². The van der Waals surface area contributed by atoms with Gasteiger partial charge in [0.2, 0.25) is 0 Å². The zero-order valence-electron chi connectivity index (χ0n) is 22.4. The zero-order chi connectivity index (χ0) is 28.6. The predicted octanol–water partition coefficient (Wildman–Crippen LogP) is 4.72. The van der Waals surface area contributed by atoms with Gasteiger partial charge >= 0.3 is 5.97 Å². The Kier molecular flexibility index (Phi) is 8.11. The first-order chi connectivity index (χ1) is 19.2. The highest BCUT2D eigenvalue weighted by Crippen LogP contribution is 2.37. The summed E-state index contributed by atoms with van der Waals surface area (Å²) in [5, 5.41) is 1.18. The highest BCUT2D eigenvalue weighted by molar-refractivity contribution is 9.10. The molecular formula is C28H25BrN4O5S2. The third kappa shape index (κ3) is 5.56. The molecule has 1 atom stereocenters. The molecule has 3 aromatic heterocycles. The van der Waals surface area contributed by atoms with Gasteiger partial charge in [0.05, 0.1) is 29.5 Å². The number of thiazole rings is 1. The number of benzene rings is 1. The number of aromatic nitrogens is 3. The Hall–Kier alpha value is -3.48. The SMILES string of the molecule is CCOC(=O)C1=C(C)N=c2s/c(=C\c3ccc(Sc4nc(C)cc(C)n4)o3)c(=O)n2[C@@H]1c1cc(Br)ccc1OC. The van der Waals surface area contributed by atoms with Gasteiger partial charge < -0.3 is 13.9 Å². The van der Waals surface area contributed by atoms with Gasteiger partial charge in [0, 0.05) is 27.5 Å². The zero-order valence-corrected chi connectivity index (χ0v) is 25.6. The second kappa shape index (κ2) is 11.6. The van der Waals surface area contributed by atoms with Crippen molar-refractivity contribution >= 4 is 51.1 Å². The number of aryl methyl sites for hydroxylation is 2. The molecule has 1 aliphatic rings. The molecular weight excluding hydrogens is 616 g/mol. The summed E-state index contributed by atoms with van der Waals surface area (Å²) in [5.74, 6) is 0.488. The lowest BCUT2D eigenvalue weighted by molar-refractivity contribution is -0.139. The lowest BCUT2D eigenvalue weighted by atomic mass is 9.95. The summed E-state index contributed by atoms with van der Waals surface area (Å²) in [6.45, 7) is 7.50. The number of allylic oxidation sites excluding steroid dienone is 1. The number of methoxy groups -OCH3 is 1. The van der Waals surface area contributed by atoms with Gasteiger partial charge in [0.1, 0.15) is 17.6 Å². The fourth-order valence-corrected chi connectivity index (χ4v) is 6.67. The van der Waals surface area contributed by atoms with Crippen LogP contribution in [0.4, 0.5) is 0 Å². The minimum absolute atomic E-state index is 0.189. The van der Waals surface area contributed by atoms with E-state index in [1.54, 1.807) is 39.2 Å². The molecule has 40 heavy (non-hydrogen) atoms. The van der Waals surface area contributed by atoms with Gasteiger partial charge in [-0.3, -0.25) is 9.36 Å². The second-order valence-corrected chi connectivity index (χ2v) is 11.8. The number of carbonyl (C=O) groups excluding carboxylic acids is 1. The predicted molar refractivity (Wildman–Crippen MR) is 155 cm³/mol. The molecule has 0 saturated heterocycles. The van der Waals surface area contributed by atoms with Crippen LogP contribution in [0.3, 0.4) is 0 Å². The van der Waals surface area contributed by atoms with E-state index in [4.69, 9.17) is 13.9 Å². The molecule has 0 aliphatic carbocycles. The molecule has 0 N–H and O–H groups in total. The van der Waals surface area contributed by atoms with E-state index in [-0.39, 0.29) is 17.7 Å². The van der Waals surface area contributed by atoms with E-state index in [1.807, 2.05) is 38.1 Å². The molecule has 0 unspecified atom stereocenters. The third-order valence-corrected chi connectivity index (χ3v) is 8.29. The van der Waals surface area contributed by atoms with Crippen LogP contribution in [0.15, 0.2) is 76.6 Å². The fraction of sp³-hybridized carbons (Fsp3) is 0.250. The highest BCUT2D eigenvalue weighted by Gasteiger charge is 2.35. The Morgan fingerprint density at radius 1 is 1.18 bits per heavy atom. The van der Waals surface area contributed by atoms with Crippen molar-refractivity contribution in [1.82, 2.24) is 14.5 Å². The molecule has 1 aliphatic heterocycles. The number of hydrogen-bond acceptors (Lipinski definition) is 10. The third-order valence-electron chi connectivity index (χ3n) is 6.03. The van der Waals surface area contributed by atoms with E-state index >= 15 is 0 Å². The minimum atomic E-state index is -0.797. The molecule has 0 radical (unpaired) electrons. The molecule has 0 amide bonds. The van der Waals surface area contributed by atoms with E-state index in [1.165, 1.54) is 27.7 Å². The Morgan fingerprint density at radius 2 is 1.93 bits per heavy atom. The number of fused-ring (bicyclic) bond motifs is 1. The molecule has 0 saturated carbocycles. The number of rotatable bonds is 7. The molecule has 1 aromatic carbocycles. The van der Waals surface area contributed by atoms with Crippen LogP contribution in [0, 0.1) is 13.8 Å². The Balaban J connectivity index is 1.61.